The van der Waals surface area contributed by atoms with E-state index in [1.807, 2.05) is 0 Å². The van der Waals surface area contributed by atoms with Crippen LogP contribution in [0.5, 0.6) is 0 Å². The van der Waals surface area contributed by atoms with Crippen LogP contribution in [-0.4, -0.2) is 66.7 Å². The summed E-state index contributed by atoms with van der Waals surface area (Å²) in [5.41, 5.74) is 1.28. The minimum atomic E-state index is -0.266. The Morgan fingerprint density at radius 3 is 2.70 bits per heavy atom. The van der Waals surface area contributed by atoms with E-state index in [-0.39, 0.29) is 11.7 Å². The van der Waals surface area contributed by atoms with Gasteiger partial charge in [-0.2, -0.15) is 0 Å². The molecule has 1 aliphatic rings. The predicted molar refractivity (Wildman–Crippen MR) is 100 cm³/mol. The molecule has 144 valence electrons. The van der Waals surface area contributed by atoms with Crippen molar-refractivity contribution in [2.75, 3.05) is 51.3 Å². The Balaban J connectivity index is 1.42. The molecule has 1 amide bonds. The number of hydrogen-bond acceptors (Lipinski definition) is 6. The number of amides is 1. The molecule has 0 bridgehead atoms. The van der Waals surface area contributed by atoms with Gasteiger partial charge in [-0.25, -0.2) is 14.4 Å². The van der Waals surface area contributed by atoms with E-state index in [9.17, 15) is 9.18 Å². The number of ether oxygens (including phenoxy) is 1. The topological polar surface area (TPSA) is 79.4 Å². The molecule has 0 atom stereocenters. The summed E-state index contributed by atoms with van der Waals surface area (Å²) in [4.78, 5) is 23.0. The van der Waals surface area contributed by atoms with Gasteiger partial charge in [0.2, 0.25) is 5.95 Å². The van der Waals surface area contributed by atoms with Crippen molar-refractivity contribution in [1.82, 2.24) is 20.2 Å². The van der Waals surface area contributed by atoms with Crippen molar-refractivity contribution in [3.8, 4) is 0 Å². The SMILES string of the molecule is O=C(NCCc1ccc(F)cc1)c1ccnc(NCCN2CCOCC2)n1. The number of nitrogens with zero attached hydrogens (tertiary/aromatic N) is 3. The van der Waals surface area contributed by atoms with Crippen molar-refractivity contribution in [2.45, 2.75) is 6.42 Å². The fraction of sp³-hybridized carbons (Fsp3) is 0.421. The number of halogens is 1. The Hall–Kier alpha value is -2.58. The highest BCUT2D eigenvalue weighted by Crippen LogP contribution is 2.04. The maximum atomic E-state index is 12.9. The number of morpholine rings is 1. The molecule has 3 rings (SSSR count). The summed E-state index contributed by atoms with van der Waals surface area (Å²) in [5.74, 6) is -0.0809. The molecule has 7 nitrogen and oxygen atoms in total. The zero-order valence-corrected chi connectivity index (χ0v) is 15.2. The van der Waals surface area contributed by atoms with Crippen LogP contribution in [0.3, 0.4) is 0 Å². The second kappa shape index (κ2) is 9.94. The summed E-state index contributed by atoms with van der Waals surface area (Å²) in [6.45, 7) is 5.43. The fourth-order valence-electron chi connectivity index (χ4n) is 2.78. The van der Waals surface area contributed by atoms with Gasteiger partial charge < -0.3 is 15.4 Å². The third-order valence-electron chi connectivity index (χ3n) is 4.32. The number of nitrogens with one attached hydrogen (secondary N) is 2. The standard InChI is InChI=1S/C19H24FN5O2/c20-16-3-1-15(2-4-16)5-7-21-18(26)17-6-8-22-19(24-17)23-9-10-25-11-13-27-14-12-25/h1-4,6,8H,5,7,9-14H2,(H,21,26)(H,22,23,24). The average Bonchev–Trinajstić information content (AvgIpc) is 2.70. The normalized spacial score (nSPS) is 14.7. The van der Waals surface area contributed by atoms with E-state index in [4.69, 9.17) is 4.74 Å². The van der Waals surface area contributed by atoms with Crippen LogP contribution >= 0.6 is 0 Å². The van der Waals surface area contributed by atoms with Crippen molar-refractivity contribution >= 4 is 11.9 Å². The van der Waals surface area contributed by atoms with Gasteiger partial charge in [0, 0.05) is 38.9 Å². The highest BCUT2D eigenvalue weighted by atomic mass is 19.1. The second-order valence-electron chi connectivity index (χ2n) is 6.28. The van der Waals surface area contributed by atoms with Crippen molar-refractivity contribution in [3.63, 3.8) is 0 Å². The lowest BCUT2D eigenvalue weighted by Gasteiger charge is -2.26. The van der Waals surface area contributed by atoms with Gasteiger partial charge >= 0.3 is 0 Å². The fourth-order valence-corrected chi connectivity index (χ4v) is 2.78. The molecule has 0 radical (unpaired) electrons. The third-order valence-corrected chi connectivity index (χ3v) is 4.32. The summed E-state index contributed by atoms with van der Waals surface area (Å²) >= 11 is 0. The van der Waals surface area contributed by atoms with Gasteiger partial charge in [0.15, 0.2) is 0 Å². The lowest BCUT2D eigenvalue weighted by Crippen LogP contribution is -2.39. The molecule has 1 fully saturated rings. The number of aromatic nitrogens is 2. The smallest absolute Gasteiger partial charge is 0.270 e. The Morgan fingerprint density at radius 1 is 1.15 bits per heavy atom. The molecule has 2 N–H and O–H groups in total. The van der Waals surface area contributed by atoms with Crippen molar-refractivity contribution < 1.29 is 13.9 Å². The number of anilines is 1. The minimum Gasteiger partial charge on any atom is -0.379 e. The summed E-state index contributed by atoms with van der Waals surface area (Å²) in [7, 11) is 0. The number of carbonyl (C=O) groups excluding carboxylic acids is 1. The Kier molecular flexibility index (Phi) is 7.06. The summed E-state index contributed by atoms with van der Waals surface area (Å²) in [6, 6.07) is 7.83. The van der Waals surface area contributed by atoms with E-state index in [0.717, 1.165) is 38.4 Å². The van der Waals surface area contributed by atoms with Crippen LogP contribution in [0, 0.1) is 5.82 Å². The molecular formula is C19H24FN5O2. The van der Waals surface area contributed by atoms with E-state index in [0.29, 0.717) is 31.2 Å². The lowest BCUT2D eigenvalue weighted by atomic mass is 10.1. The molecule has 2 aromatic rings. The maximum Gasteiger partial charge on any atom is 0.270 e. The van der Waals surface area contributed by atoms with Gasteiger partial charge in [-0.15, -0.1) is 0 Å². The molecule has 8 heteroatoms. The van der Waals surface area contributed by atoms with Gasteiger partial charge in [-0.05, 0) is 30.2 Å². The third kappa shape index (κ3) is 6.26. The van der Waals surface area contributed by atoms with Crippen LogP contribution in [0.15, 0.2) is 36.5 Å². The van der Waals surface area contributed by atoms with E-state index in [2.05, 4.69) is 25.5 Å². The molecule has 0 saturated carbocycles. The van der Waals surface area contributed by atoms with Gasteiger partial charge in [0.25, 0.3) is 5.91 Å². The summed E-state index contributed by atoms with van der Waals surface area (Å²) < 4.78 is 18.2. The van der Waals surface area contributed by atoms with E-state index in [1.165, 1.54) is 12.1 Å². The largest absolute Gasteiger partial charge is 0.379 e. The van der Waals surface area contributed by atoms with Crippen molar-refractivity contribution in [2.24, 2.45) is 0 Å². The first kappa shape index (κ1) is 19.2. The first-order chi connectivity index (χ1) is 13.2. The first-order valence-corrected chi connectivity index (χ1v) is 9.10. The zero-order chi connectivity index (χ0) is 18.9. The molecule has 27 heavy (non-hydrogen) atoms. The van der Waals surface area contributed by atoms with Crippen LogP contribution in [0.2, 0.25) is 0 Å². The molecule has 1 saturated heterocycles. The van der Waals surface area contributed by atoms with E-state index in [1.54, 1.807) is 24.4 Å². The zero-order valence-electron chi connectivity index (χ0n) is 15.2. The second-order valence-corrected chi connectivity index (χ2v) is 6.28. The number of benzene rings is 1. The molecule has 1 aromatic carbocycles. The average molecular weight is 373 g/mol. The quantitative estimate of drug-likeness (QED) is 0.727. The Labute approximate surface area is 158 Å². The molecule has 0 aliphatic carbocycles. The molecule has 0 spiro atoms. The predicted octanol–water partition coefficient (Wildman–Crippen LogP) is 1.33. The summed E-state index contributed by atoms with van der Waals surface area (Å²) in [5, 5.41) is 5.98. The van der Waals surface area contributed by atoms with E-state index >= 15 is 0 Å². The van der Waals surface area contributed by atoms with Gasteiger partial charge in [0.1, 0.15) is 11.5 Å². The molecule has 1 aromatic heterocycles. The minimum absolute atomic E-state index is 0.254. The molecular weight excluding hydrogens is 349 g/mol. The van der Waals surface area contributed by atoms with Crippen LogP contribution in [-0.2, 0) is 11.2 Å². The highest BCUT2D eigenvalue weighted by Gasteiger charge is 2.11. The number of hydrogen-bond donors (Lipinski definition) is 2. The Bertz CT molecular complexity index is 735. The van der Waals surface area contributed by atoms with Crippen LogP contribution in [0.1, 0.15) is 16.1 Å². The van der Waals surface area contributed by atoms with Crippen LogP contribution in [0.25, 0.3) is 0 Å². The summed E-state index contributed by atoms with van der Waals surface area (Å²) in [6.07, 6.45) is 2.20. The van der Waals surface area contributed by atoms with E-state index < -0.39 is 0 Å². The Morgan fingerprint density at radius 2 is 1.93 bits per heavy atom. The van der Waals surface area contributed by atoms with Gasteiger partial charge in [0.05, 0.1) is 13.2 Å². The number of rotatable bonds is 8. The van der Waals surface area contributed by atoms with Crippen LogP contribution in [0.4, 0.5) is 10.3 Å². The van der Waals surface area contributed by atoms with Crippen molar-refractivity contribution in [3.05, 3.63) is 53.6 Å². The highest BCUT2D eigenvalue weighted by molar-refractivity contribution is 5.92. The lowest BCUT2D eigenvalue weighted by molar-refractivity contribution is 0.0398. The molecule has 1 aliphatic heterocycles. The monoisotopic (exact) mass is 373 g/mol. The maximum absolute atomic E-state index is 12.9. The van der Waals surface area contributed by atoms with Gasteiger partial charge in [-0.1, -0.05) is 12.1 Å². The molecule has 0 unspecified atom stereocenters. The van der Waals surface area contributed by atoms with Crippen LogP contribution < -0.4 is 10.6 Å². The van der Waals surface area contributed by atoms with Crippen molar-refractivity contribution in [1.29, 1.82) is 0 Å². The molecule has 2 heterocycles. The first-order valence-electron chi connectivity index (χ1n) is 9.10. The van der Waals surface area contributed by atoms with Gasteiger partial charge in [-0.3, -0.25) is 9.69 Å². The number of carbonyl (C=O) groups is 1.